The Hall–Kier alpha value is -2.43. The van der Waals surface area contributed by atoms with Gasteiger partial charge in [0.2, 0.25) is 0 Å². The van der Waals surface area contributed by atoms with Crippen molar-refractivity contribution in [1.29, 1.82) is 0 Å². The molecule has 0 unspecified atom stereocenters. The summed E-state index contributed by atoms with van der Waals surface area (Å²) in [4.78, 5) is 18.7. The van der Waals surface area contributed by atoms with Crippen LogP contribution in [0.3, 0.4) is 0 Å². The molecule has 2 rings (SSSR count). The number of nitrogens with two attached hydrogens (primary N) is 1. The van der Waals surface area contributed by atoms with E-state index in [9.17, 15) is 4.79 Å². The lowest BCUT2D eigenvalue weighted by molar-refractivity contribution is 0.0697. The first-order valence-corrected chi connectivity index (χ1v) is 4.58. The van der Waals surface area contributed by atoms with Crippen LogP contribution in [0.15, 0.2) is 36.7 Å². The first-order valence-electron chi connectivity index (χ1n) is 4.58. The van der Waals surface area contributed by atoms with Gasteiger partial charge in [0.05, 0.1) is 5.69 Å². The fraction of sp³-hybridized carbons (Fsp3) is 0. The summed E-state index contributed by atoms with van der Waals surface area (Å²) in [7, 11) is 0. The highest BCUT2D eigenvalue weighted by molar-refractivity contribution is 5.93. The largest absolute Gasteiger partial charge is 0.478 e. The number of carboxylic acid groups (broad SMARTS) is 1. The molecule has 0 aliphatic carbocycles. The van der Waals surface area contributed by atoms with Gasteiger partial charge in [-0.25, -0.2) is 9.78 Å². The van der Waals surface area contributed by atoms with Crippen LogP contribution in [0.25, 0.3) is 11.3 Å². The third-order valence-corrected chi connectivity index (χ3v) is 2.13. The van der Waals surface area contributed by atoms with E-state index in [1.54, 1.807) is 30.6 Å². The molecule has 0 aliphatic heterocycles. The summed E-state index contributed by atoms with van der Waals surface area (Å²) >= 11 is 0. The van der Waals surface area contributed by atoms with Gasteiger partial charge >= 0.3 is 5.97 Å². The average molecular weight is 215 g/mol. The highest BCUT2D eigenvalue weighted by Crippen LogP contribution is 2.19. The molecular formula is C11H9N3O2. The summed E-state index contributed by atoms with van der Waals surface area (Å²) in [6.07, 6.45) is 3.27. The maximum atomic E-state index is 10.7. The number of hydrogen-bond acceptors (Lipinski definition) is 4. The molecule has 0 saturated carbocycles. The molecule has 0 amide bonds. The number of anilines is 1. The summed E-state index contributed by atoms with van der Waals surface area (Å²) in [5.74, 6) is -1.06. The topological polar surface area (TPSA) is 89.1 Å². The minimum absolute atomic E-state index is 0.0119. The lowest BCUT2D eigenvalue weighted by atomic mass is 10.1. The molecule has 2 heterocycles. The molecule has 0 aromatic carbocycles. The molecule has 0 saturated heterocycles. The van der Waals surface area contributed by atoms with Crippen molar-refractivity contribution in [2.45, 2.75) is 0 Å². The molecule has 0 atom stereocenters. The second-order valence-electron chi connectivity index (χ2n) is 3.17. The van der Waals surface area contributed by atoms with E-state index >= 15 is 0 Å². The Morgan fingerprint density at radius 3 is 2.44 bits per heavy atom. The Balaban J connectivity index is 2.46. The molecule has 0 aliphatic rings. The van der Waals surface area contributed by atoms with Gasteiger partial charge in [-0.1, -0.05) is 0 Å². The zero-order valence-electron chi connectivity index (χ0n) is 8.29. The molecule has 0 fully saturated rings. The van der Waals surface area contributed by atoms with Crippen LogP contribution in [0.5, 0.6) is 0 Å². The van der Waals surface area contributed by atoms with Gasteiger partial charge in [0.1, 0.15) is 11.4 Å². The molecule has 80 valence electrons. The predicted molar refractivity (Wildman–Crippen MR) is 58.8 cm³/mol. The first-order chi connectivity index (χ1) is 7.68. The van der Waals surface area contributed by atoms with Gasteiger partial charge in [-0.2, -0.15) is 0 Å². The number of carbonyl (C=O) groups is 1. The molecule has 5 nitrogen and oxygen atoms in total. The van der Waals surface area contributed by atoms with E-state index in [1.807, 2.05) is 0 Å². The summed E-state index contributed by atoms with van der Waals surface area (Å²) in [6, 6.07) is 6.63. The third-order valence-electron chi connectivity index (χ3n) is 2.13. The Morgan fingerprint density at radius 1 is 1.19 bits per heavy atom. The highest BCUT2D eigenvalue weighted by Gasteiger charge is 2.09. The van der Waals surface area contributed by atoms with E-state index in [0.29, 0.717) is 5.69 Å². The smallest absolute Gasteiger partial charge is 0.339 e. The summed E-state index contributed by atoms with van der Waals surface area (Å²) in [5, 5.41) is 8.80. The summed E-state index contributed by atoms with van der Waals surface area (Å²) < 4.78 is 0. The van der Waals surface area contributed by atoms with E-state index in [4.69, 9.17) is 10.8 Å². The number of aromatic carboxylic acids is 1. The highest BCUT2D eigenvalue weighted by atomic mass is 16.4. The zero-order chi connectivity index (χ0) is 11.5. The number of nitrogens with zero attached hydrogens (tertiary/aromatic N) is 2. The normalized spacial score (nSPS) is 10.0. The number of hydrogen-bond donors (Lipinski definition) is 2. The van der Waals surface area contributed by atoms with E-state index in [-0.39, 0.29) is 11.4 Å². The molecule has 2 aromatic heterocycles. The Bertz CT molecular complexity index is 526. The maximum absolute atomic E-state index is 10.7. The monoisotopic (exact) mass is 215 g/mol. The minimum atomic E-state index is -1.08. The van der Waals surface area contributed by atoms with Gasteiger partial charge in [-0.15, -0.1) is 0 Å². The van der Waals surface area contributed by atoms with Crippen molar-refractivity contribution >= 4 is 11.8 Å². The van der Waals surface area contributed by atoms with Gasteiger partial charge in [-0.3, -0.25) is 4.98 Å². The van der Waals surface area contributed by atoms with Gasteiger partial charge in [0, 0.05) is 18.0 Å². The molecule has 2 aromatic rings. The first kappa shape index (κ1) is 10.1. The van der Waals surface area contributed by atoms with E-state index < -0.39 is 5.97 Å². The summed E-state index contributed by atoms with van der Waals surface area (Å²) in [6.45, 7) is 0. The van der Waals surface area contributed by atoms with Crippen LogP contribution < -0.4 is 5.73 Å². The van der Waals surface area contributed by atoms with Crippen molar-refractivity contribution in [3.05, 3.63) is 42.2 Å². The van der Waals surface area contributed by atoms with Crippen molar-refractivity contribution in [3.8, 4) is 11.3 Å². The van der Waals surface area contributed by atoms with Crippen molar-refractivity contribution in [1.82, 2.24) is 9.97 Å². The van der Waals surface area contributed by atoms with Crippen LogP contribution in [0.4, 0.5) is 5.82 Å². The van der Waals surface area contributed by atoms with Gasteiger partial charge in [0.25, 0.3) is 0 Å². The molecule has 16 heavy (non-hydrogen) atoms. The number of carboxylic acids is 1. The number of rotatable bonds is 2. The second-order valence-corrected chi connectivity index (χ2v) is 3.17. The van der Waals surface area contributed by atoms with Gasteiger partial charge in [0.15, 0.2) is 0 Å². The van der Waals surface area contributed by atoms with Gasteiger partial charge < -0.3 is 10.8 Å². The molecule has 0 radical (unpaired) electrons. The Labute approximate surface area is 91.6 Å². The van der Waals surface area contributed by atoms with Crippen LogP contribution >= 0.6 is 0 Å². The molecular weight excluding hydrogens is 206 g/mol. The van der Waals surface area contributed by atoms with Crippen molar-refractivity contribution in [2.75, 3.05) is 5.73 Å². The predicted octanol–water partition coefficient (Wildman–Crippen LogP) is 1.42. The van der Waals surface area contributed by atoms with E-state index in [1.165, 1.54) is 6.07 Å². The lowest BCUT2D eigenvalue weighted by Gasteiger charge is -2.03. The SMILES string of the molecule is Nc1nc(-c2ccncc2)ccc1C(=O)O. The number of pyridine rings is 2. The second kappa shape index (κ2) is 3.98. The van der Waals surface area contributed by atoms with Crippen LogP contribution in [0.1, 0.15) is 10.4 Å². The number of aromatic nitrogens is 2. The standard InChI is InChI=1S/C11H9N3O2/c12-10-8(11(15)16)1-2-9(14-10)7-3-5-13-6-4-7/h1-6H,(H2,12,14)(H,15,16). The van der Waals surface area contributed by atoms with Crippen LogP contribution in [0, 0.1) is 0 Å². The van der Waals surface area contributed by atoms with E-state index in [0.717, 1.165) is 5.56 Å². The Morgan fingerprint density at radius 2 is 1.88 bits per heavy atom. The molecule has 0 bridgehead atoms. The van der Waals surface area contributed by atoms with Crippen molar-refractivity contribution < 1.29 is 9.90 Å². The summed E-state index contributed by atoms with van der Waals surface area (Å²) in [5.41, 5.74) is 7.04. The van der Waals surface area contributed by atoms with Crippen LogP contribution in [0.2, 0.25) is 0 Å². The van der Waals surface area contributed by atoms with E-state index in [2.05, 4.69) is 9.97 Å². The van der Waals surface area contributed by atoms with Gasteiger partial charge in [-0.05, 0) is 24.3 Å². The van der Waals surface area contributed by atoms with Crippen molar-refractivity contribution in [2.24, 2.45) is 0 Å². The van der Waals surface area contributed by atoms with Crippen LogP contribution in [-0.2, 0) is 0 Å². The number of nitrogen functional groups attached to an aromatic ring is 1. The Kier molecular flexibility index (Phi) is 2.51. The molecule has 0 spiro atoms. The fourth-order valence-electron chi connectivity index (χ4n) is 1.34. The van der Waals surface area contributed by atoms with Crippen molar-refractivity contribution in [3.63, 3.8) is 0 Å². The lowest BCUT2D eigenvalue weighted by Crippen LogP contribution is -2.04. The zero-order valence-corrected chi connectivity index (χ0v) is 8.29. The minimum Gasteiger partial charge on any atom is -0.478 e. The quantitative estimate of drug-likeness (QED) is 0.790. The average Bonchev–Trinajstić information content (AvgIpc) is 2.29. The molecule has 5 heteroatoms. The molecule has 3 N–H and O–H groups in total. The van der Waals surface area contributed by atoms with Crippen LogP contribution in [-0.4, -0.2) is 21.0 Å². The maximum Gasteiger partial charge on any atom is 0.339 e. The third kappa shape index (κ3) is 1.83. The fourth-order valence-corrected chi connectivity index (χ4v) is 1.34.